The summed E-state index contributed by atoms with van der Waals surface area (Å²) in [4.78, 5) is 0.297. The molecule has 1 unspecified atom stereocenters. The molecule has 0 heterocycles. The van der Waals surface area contributed by atoms with E-state index in [1.54, 1.807) is 12.1 Å². The summed E-state index contributed by atoms with van der Waals surface area (Å²) in [6, 6.07) is 12.9. The van der Waals surface area contributed by atoms with Crippen molar-refractivity contribution in [3.05, 3.63) is 64.7 Å². The van der Waals surface area contributed by atoms with Crippen molar-refractivity contribution in [3.8, 4) is 0 Å². The lowest BCUT2D eigenvalue weighted by molar-refractivity contribution is 0.565. The summed E-state index contributed by atoms with van der Waals surface area (Å²) in [7, 11) is -3.54. The van der Waals surface area contributed by atoms with Gasteiger partial charge in [-0.2, -0.15) is 0 Å². The Morgan fingerprint density at radius 2 is 1.50 bits per heavy atom. The van der Waals surface area contributed by atoms with Crippen molar-refractivity contribution in [3.63, 3.8) is 0 Å². The highest BCUT2D eigenvalue weighted by Gasteiger charge is 2.20. The van der Waals surface area contributed by atoms with E-state index >= 15 is 0 Å². The van der Waals surface area contributed by atoms with Gasteiger partial charge in [0, 0.05) is 6.04 Å². The first-order chi connectivity index (χ1) is 11.0. The summed E-state index contributed by atoms with van der Waals surface area (Å²) < 4.78 is 28.0. The molecule has 0 aliphatic rings. The standard InChI is InChI=1S/C20H27NO2S/c1-14-7-8-17(13-15(14)2)16(3)21-24(22,23)19-11-9-18(10-12-19)20(4,5)6/h7-13,16,21H,1-6H3. The van der Waals surface area contributed by atoms with Gasteiger partial charge in [0.25, 0.3) is 0 Å². The minimum Gasteiger partial charge on any atom is -0.207 e. The molecule has 0 aromatic heterocycles. The Labute approximate surface area is 146 Å². The van der Waals surface area contributed by atoms with Crippen LogP contribution in [0.4, 0.5) is 0 Å². The van der Waals surface area contributed by atoms with Crippen LogP contribution in [0.3, 0.4) is 0 Å². The maximum Gasteiger partial charge on any atom is 0.241 e. The van der Waals surface area contributed by atoms with Crippen LogP contribution in [0.25, 0.3) is 0 Å². The highest BCUT2D eigenvalue weighted by Crippen LogP contribution is 2.24. The normalized spacial score (nSPS) is 13.8. The lowest BCUT2D eigenvalue weighted by Gasteiger charge is -2.20. The van der Waals surface area contributed by atoms with Crippen molar-refractivity contribution in [1.82, 2.24) is 4.72 Å². The predicted molar refractivity (Wildman–Crippen MR) is 99.8 cm³/mol. The van der Waals surface area contributed by atoms with Crippen LogP contribution in [0.15, 0.2) is 47.4 Å². The molecule has 4 heteroatoms. The topological polar surface area (TPSA) is 46.2 Å². The van der Waals surface area contributed by atoms with E-state index in [4.69, 9.17) is 0 Å². The Bertz CT molecular complexity index is 816. The minimum absolute atomic E-state index is 0.00242. The molecular weight excluding hydrogens is 318 g/mol. The van der Waals surface area contributed by atoms with Gasteiger partial charge in [0.2, 0.25) is 10.0 Å². The van der Waals surface area contributed by atoms with Crippen LogP contribution in [0.2, 0.25) is 0 Å². The number of nitrogens with one attached hydrogen (secondary N) is 1. The summed E-state index contributed by atoms with van der Waals surface area (Å²) in [5, 5.41) is 0. The zero-order chi connectivity index (χ0) is 18.1. The van der Waals surface area contributed by atoms with Gasteiger partial charge in [0.1, 0.15) is 0 Å². The second-order valence-electron chi connectivity index (χ2n) is 7.46. The smallest absolute Gasteiger partial charge is 0.207 e. The summed E-state index contributed by atoms with van der Waals surface area (Å²) in [6.07, 6.45) is 0. The van der Waals surface area contributed by atoms with E-state index in [0.29, 0.717) is 4.90 Å². The van der Waals surface area contributed by atoms with Crippen LogP contribution in [-0.4, -0.2) is 8.42 Å². The Morgan fingerprint density at radius 3 is 2.00 bits per heavy atom. The van der Waals surface area contributed by atoms with E-state index in [-0.39, 0.29) is 11.5 Å². The number of benzene rings is 2. The number of sulfonamides is 1. The molecule has 130 valence electrons. The minimum atomic E-state index is -3.54. The number of hydrogen-bond donors (Lipinski definition) is 1. The number of aryl methyl sites for hydroxylation is 2. The molecule has 2 aromatic carbocycles. The molecule has 1 atom stereocenters. The Balaban J connectivity index is 2.22. The molecule has 0 saturated heterocycles. The van der Waals surface area contributed by atoms with E-state index < -0.39 is 10.0 Å². The fourth-order valence-corrected chi connectivity index (χ4v) is 3.77. The molecule has 0 aliphatic carbocycles. The van der Waals surface area contributed by atoms with Gasteiger partial charge in [-0.05, 0) is 60.6 Å². The Hall–Kier alpha value is -1.65. The molecule has 2 rings (SSSR count). The third-order valence-electron chi connectivity index (χ3n) is 4.39. The highest BCUT2D eigenvalue weighted by atomic mass is 32.2. The van der Waals surface area contributed by atoms with Gasteiger partial charge < -0.3 is 0 Å². The molecule has 0 amide bonds. The van der Waals surface area contributed by atoms with Crippen molar-refractivity contribution in [2.45, 2.75) is 57.9 Å². The third kappa shape index (κ3) is 4.25. The van der Waals surface area contributed by atoms with Gasteiger partial charge in [-0.15, -0.1) is 0 Å². The number of hydrogen-bond acceptors (Lipinski definition) is 2. The van der Waals surface area contributed by atoms with Crippen LogP contribution < -0.4 is 4.72 Å². The van der Waals surface area contributed by atoms with Gasteiger partial charge in [-0.1, -0.05) is 51.1 Å². The average molecular weight is 346 g/mol. The first kappa shape index (κ1) is 18.7. The molecule has 0 saturated carbocycles. The molecular formula is C20H27NO2S. The maximum absolute atomic E-state index is 12.6. The molecule has 0 bridgehead atoms. The second kappa shape index (κ2) is 6.69. The van der Waals surface area contributed by atoms with E-state index in [1.807, 2.05) is 51.1 Å². The molecule has 0 fully saturated rings. The van der Waals surface area contributed by atoms with Crippen molar-refractivity contribution in [2.75, 3.05) is 0 Å². The average Bonchev–Trinajstić information content (AvgIpc) is 2.49. The molecule has 3 nitrogen and oxygen atoms in total. The monoisotopic (exact) mass is 345 g/mol. The first-order valence-corrected chi connectivity index (χ1v) is 9.69. The highest BCUT2D eigenvalue weighted by molar-refractivity contribution is 7.89. The van der Waals surface area contributed by atoms with E-state index in [2.05, 4.69) is 25.5 Å². The quantitative estimate of drug-likeness (QED) is 0.877. The molecule has 0 spiro atoms. The summed E-state index contributed by atoms with van der Waals surface area (Å²) in [5.74, 6) is 0. The molecule has 24 heavy (non-hydrogen) atoms. The van der Waals surface area contributed by atoms with Gasteiger partial charge in [-0.25, -0.2) is 13.1 Å². The Kier molecular flexibility index (Phi) is 5.21. The second-order valence-corrected chi connectivity index (χ2v) is 9.18. The van der Waals surface area contributed by atoms with Crippen LogP contribution in [-0.2, 0) is 15.4 Å². The zero-order valence-electron chi connectivity index (χ0n) is 15.3. The molecule has 2 aromatic rings. The van der Waals surface area contributed by atoms with Crippen LogP contribution in [0.5, 0.6) is 0 Å². The summed E-state index contributed by atoms with van der Waals surface area (Å²) in [6.45, 7) is 12.3. The van der Waals surface area contributed by atoms with Crippen LogP contribution >= 0.6 is 0 Å². The Morgan fingerprint density at radius 1 is 0.917 bits per heavy atom. The van der Waals surface area contributed by atoms with Crippen molar-refractivity contribution < 1.29 is 8.42 Å². The molecule has 0 radical (unpaired) electrons. The van der Waals surface area contributed by atoms with Crippen LogP contribution in [0.1, 0.15) is 56.0 Å². The van der Waals surface area contributed by atoms with E-state index in [1.165, 1.54) is 5.56 Å². The van der Waals surface area contributed by atoms with Gasteiger partial charge in [-0.3, -0.25) is 0 Å². The predicted octanol–water partition coefficient (Wildman–Crippen LogP) is 4.64. The lowest BCUT2D eigenvalue weighted by Crippen LogP contribution is -2.27. The van der Waals surface area contributed by atoms with Crippen molar-refractivity contribution >= 4 is 10.0 Å². The summed E-state index contributed by atoms with van der Waals surface area (Å²) in [5.41, 5.74) is 4.44. The number of rotatable bonds is 4. The lowest BCUT2D eigenvalue weighted by atomic mass is 9.87. The molecule has 1 N–H and O–H groups in total. The fraction of sp³-hybridized carbons (Fsp3) is 0.400. The van der Waals surface area contributed by atoms with Crippen LogP contribution in [0, 0.1) is 13.8 Å². The summed E-state index contributed by atoms with van der Waals surface area (Å²) >= 11 is 0. The van der Waals surface area contributed by atoms with E-state index in [0.717, 1.165) is 16.7 Å². The third-order valence-corrected chi connectivity index (χ3v) is 5.95. The SMILES string of the molecule is Cc1ccc(C(C)NS(=O)(=O)c2ccc(C(C)(C)C)cc2)cc1C. The van der Waals surface area contributed by atoms with Crippen molar-refractivity contribution in [2.24, 2.45) is 0 Å². The van der Waals surface area contributed by atoms with Crippen molar-refractivity contribution in [1.29, 1.82) is 0 Å². The molecule has 0 aliphatic heterocycles. The largest absolute Gasteiger partial charge is 0.241 e. The fourth-order valence-electron chi connectivity index (χ4n) is 2.54. The van der Waals surface area contributed by atoms with Gasteiger partial charge in [0.15, 0.2) is 0 Å². The van der Waals surface area contributed by atoms with E-state index in [9.17, 15) is 8.42 Å². The zero-order valence-corrected chi connectivity index (χ0v) is 16.2. The first-order valence-electron chi connectivity index (χ1n) is 8.21. The van der Waals surface area contributed by atoms with Gasteiger partial charge in [0.05, 0.1) is 4.90 Å². The maximum atomic E-state index is 12.6. The van der Waals surface area contributed by atoms with Gasteiger partial charge >= 0.3 is 0 Å².